The molecule has 0 aliphatic carbocycles. The molecule has 0 spiro atoms. The van der Waals surface area contributed by atoms with E-state index in [1.165, 1.54) is 33.0 Å². The van der Waals surface area contributed by atoms with Gasteiger partial charge in [0.1, 0.15) is 5.82 Å². The Kier molecular flexibility index (Phi) is 4.35. The first-order valence-corrected chi connectivity index (χ1v) is 6.68. The molecule has 0 radical (unpaired) electrons. The van der Waals surface area contributed by atoms with Crippen LogP contribution in [0, 0.1) is 5.82 Å². The monoisotopic (exact) mass is 322 g/mol. The Balaban J connectivity index is 2.18. The number of carbonyl (C=O) groups is 3. The minimum atomic E-state index is -1.34. The van der Waals surface area contributed by atoms with E-state index in [0.717, 1.165) is 12.3 Å². The molecular weight excluding hydrogens is 307 g/mol. The highest BCUT2D eigenvalue weighted by molar-refractivity contribution is 6.15. The zero-order valence-electron chi connectivity index (χ0n) is 12.7. The Labute approximate surface area is 131 Å². The first-order chi connectivity index (χ1) is 10.7. The summed E-state index contributed by atoms with van der Waals surface area (Å²) >= 11 is 0. The molecule has 8 heteroatoms. The number of carbonyl (C=O) groups excluding carboxylic acids is 3. The topological polar surface area (TPSA) is 93.7 Å². The van der Waals surface area contributed by atoms with Crippen molar-refractivity contribution in [1.29, 1.82) is 0 Å². The summed E-state index contributed by atoms with van der Waals surface area (Å²) < 4.78 is 23.7. The number of halogens is 1. The fourth-order valence-electron chi connectivity index (χ4n) is 1.85. The predicted molar refractivity (Wildman–Crippen MR) is 77.8 cm³/mol. The normalized spacial score (nSPS) is 16.3. The van der Waals surface area contributed by atoms with Crippen LogP contribution in [0.2, 0.25) is 0 Å². The van der Waals surface area contributed by atoms with Crippen molar-refractivity contribution in [3.05, 3.63) is 41.4 Å². The number of hydrogen-bond donors (Lipinski definition) is 2. The van der Waals surface area contributed by atoms with Crippen molar-refractivity contribution in [1.82, 2.24) is 5.32 Å². The summed E-state index contributed by atoms with van der Waals surface area (Å²) in [4.78, 5) is 34.9. The second-order valence-electron chi connectivity index (χ2n) is 5.15. The van der Waals surface area contributed by atoms with Crippen LogP contribution in [-0.4, -0.2) is 30.7 Å². The molecule has 1 aromatic rings. The number of hydrogen-bond acceptors (Lipinski definition) is 6. The number of amides is 1. The fourth-order valence-corrected chi connectivity index (χ4v) is 1.85. The lowest BCUT2D eigenvalue weighted by molar-refractivity contribution is -0.222. The van der Waals surface area contributed by atoms with Gasteiger partial charge in [-0.25, -0.2) is 14.0 Å². The third-order valence-corrected chi connectivity index (χ3v) is 2.95. The van der Waals surface area contributed by atoms with E-state index in [1.54, 1.807) is 0 Å². The minimum Gasteiger partial charge on any atom is -0.419 e. The molecule has 1 fully saturated rings. The summed E-state index contributed by atoms with van der Waals surface area (Å²) in [6, 6.07) is 3.73. The number of nitrogens with one attached hydrogen (secondary N) is 2. The second-order valence-corrected chi connectivity index (χ2v) is 5.15. The lowest BCUT2D eigenvalue weighted by Gasteiger charge is -2.29. The van der Waals surface area contributed by atoms with Gasteiger partial charge in [0.05, 0.1) is 5.69 Å². The van der Waals surface area contributed by atoms with E-state index >= 15 is 0 Å². The quantitative estimate of drug-likeness (QED) is 0.495. The van der Waals surface area contributed by atoms with E-state index in [4.69, 9.17) is 9.47 Å². The van der Waals surface area contributed by atoms with Crippen molar-refractivity contribution >= 4 is 23.5 Å². The standard InChI is InChI=1S/C15H15FN2O5/c1-15(2)22-13(20)9(14(21)23-15)7-18-11-5-4-8(6-10(11)16)12(19)17-3/h4-7,18H,1-3H3,(H,17,19). The number of ether oxygens (including phenoxy) is 2. The maximum atomic E-state index is 13.9. The van der Waals surface area contributed by atoms with E-state index in [0.29, 0.717) is 0 Å². The first kappa shape index (κ1) is 16.5. The molecule has 0 atom stereocenters. The van der Waals surface area contributed by atoms with Gasteiger partial charge in [0.15, 0.2) is 5.57 Å². The molecule has 2 rings (SSSR count). The average Bonchev–Trinajstić information content (AvgIpc) is 2.45. The maximum absolute atomic E-state index is 13.9. The molecule has 1 aliphatic rings. The number of esters is 2. The van der Waals surface area contributed by atoms with Gasteiger partial charge in [0.2, 0.25) is 0 Å². The van der Waals surface area contributed by atoms with Crippen LogP contribution in [-0.2, 0) is 19.1 Å². The van der Waals surface area contributed by atoms with Crippen LogP contribution >= 0.6 is 0 Å². The number of anilines is 1. The van der Waals surface area contributed by atoms with Gasteiger partial charge in [-0.2, -0.15) is 0 Å². The number of benzene rings is 1. The number of rotatable bonds is 3. The van der Waals surface area contributed by atoms with Crippen molar-refractivity contribution in [2.75, 3.05) is 12.4 Å². The van der Waals surface area contributed by atoms with E-state index in [9.17, 15) is 18.8 Å². The summed E-state index contributed by atoms with van der Waals surface area (Å²) in [6.45, 7) is 2.84. The van der Waals surface area contributed by atoms with Gasteiger partial charge in [-0.1, -0.05) is 0 Å². The fraction of sp³-hybridized carbons (Fsp3) is 0.267. The van der Waals surface area contributed by atoms with Crippen LogP contribution in [0.5, 0.6) is 0 Å². The van der Waals surface area contributed by atoms with Crippen LogP contribution in [0.1, 0.15) is 24.2 Å². The van der Waals surface area contributed by atoms with Gasteiger partial charge in [-0.15, -0.1) is 0 Å². The van der Waals surface area contributed by atoms with Crippen molar-refractivity contribution in [2.24, 2.45) is 0 Å². The number of cyclic esters (lactones) is 2. The smallest absolute Gasteiger partial charge is 0.350 e. The van der Waals surface area contributed by atoms with Crippen LogP contribution in [0.4, 0.5) is 10.1 Å². The Morgan fingerprint density at radius 1 is 1.22 bits per heavy atom. The second kappa shape index (κ2) is 6.07. The Morgan fingerprint density at radius 3 is 2.35 bits per heavy atom. The highest BCUT2D eigenvalue weighted by Crippen LogP contribution is 2.23. The van der Waals surface area contributed by atoms with Crippen molar-refractivity contribution in [3.63, 3.8) is 0 Å². The van der Waals surface area contributed by atoms with Gasteiger partial charge in [-0.05, 0) is 18.2 Å². The third kappa shape index (κ3) is 3.65. The van der Waals surface area contributed by atoms with Gasteiger partial charge >= 0.3 is 11.9 Å². The lowest BCUT2D eigenvalue weighted by Crippen LogP contribution is -2.42. The van der Waals surface area contributed by atoms with Crippen LogP contribution in [0.25, 0.3) is 0 Å². The molecule has 1 aliphatic heterocycles. The van der Waals surface area contributed by atoms with Gasteiger partial charge < -0.3 is 20.1 Å². The van der Waals surface area contributed by atoms with E-state index in [-0.39, 0.29) is 16.8 Å². The summed E-state index contributed by atoms with van der Waals surface area (Å²) in [7, 11) is 1.43. The van der Waals surface area contributed by atoms with Crippen molar-refractivity contribution in [3.8, 4) is 0 Å². The van der Waals surface area contributed by atoms with Crippen molar-refractivity contribution < 1.29 is 28.2 Å². The van der Waals surface area contributed by atoms with Crippen LogP contribution in [0.3, 0.4) is 0 Å². The summed E-state index contributed by atoms with van der Waals surface area (Å²) in [5.41, 5.74) is -0.267. The molecule has 2 N–H and O–H groups in total. The van der Waals surface area contributed by atoms with Gasteiger partial charge in [0, 0.05) is 32.7 Å². The Bertz CT molecular complexity index is 690. The highest BCUT2D eigenvalue weighted by atomic mass is 19.1. The molecular formula is C15H15FN2O5. The summed E-state index contributed by atoms with van der Waals surface area (Å²) in [5.74, 6) is -4.25. The molecule has 0 saturated carbocycles. The van der Waals surface area contributed by atoms with Crippen molar-refractivity contribution in [2.45, 2.75) is 19.6 Å². The van der Waals surface area contributed by atoms with Crippen LogP contribution in [0.15, 0.2) is 30.0 Å². The molecule has 1 heterocycles. The largest absolute Gasteiger partial charge is 0.419 e. The summed E-state index contributed by atoms with van der Waals surface area (Å²) in [6.07, 6.45) is 0.998. The Hall–Kier alpha value is -2.90. The highest BCUT2D eigenvalue weighted by Gasteiger charge is 2.38. The molecule has 1 saturated heterocycles. The molecule has 0 aromatic heterocycles. The molecule has 1 amide bonds. The van der Waals surface area contributed by atoms with E-state index < -0.39 is 29.5 Å². The zero-order chi connectivity index (χ0) is 17.2. The third-order valence-electron chi connectivity index (χ3n) is 2.95. The SMILES string of the molecule is CNC(=O)c1ccc(NC=C2C(=O)OC(C)(C)OC2=O)c(F)c1. The van der Waals surface area contributed by atoms with Gasteiger partial charge in [-0.3, -0.25) is 4.79 Å². The van der Waals surface area contributed by atoms with E-state index in [1.807, 2.05) is 0 Å². The lowest BCUT2D eigenvalue weighted by atomic mass is 10.2. The van der Waals surface area contributed by atoms with E-state index in [2.05, 4.69) is 10.6 Å². The summed E-state index contributed by atoms with van der Waals surface area (Å²) in [5, 5.41) is 4.86. The molecule has 0 unspecified atom stereocenters. The molecule has 122 valence electrons. The van der Waals surface area contributed by atoms with Gasteiger partial charge in [0.25, 0.3) is 11.7 Å². The Morgan fingerprint density at radius 2 is 1.83 bits per heavy atom. The first-order valence-electron chi connectivity index (χ1n) is 6.68. The van der Waals surface area contributed by atoms with Crippen LogP contribution < -0.4 is 10.6 Å². The molecule has 23 heavy (non-hydrogen) atoms. The molecule has 1 aromatic carbocycles. The average molecular weight is 322 g/mol. The molecule has 0 bridgehead atoms. The minimum absolute atomic E-state index is 0.0180. The zero-order valence-corrected chi connectivity index (χ0v) is 12.7. The maximum Gasteiger partial charge on any atom is 0.350 e. The molecule has 7 nitrogen and oxygen atoms in total. The predicted octanol–water partition coefficient (Wildman–Crippen LogP) is 1.32.